The van der Waals surface area contributed by atoms with Crippen LogP contribution in [0.25, 0.3) is 10.9 Å². The number of nitrogens with one attached hydrogen (secondary N) is 1. The van der Waals surface area contributed by atoms with Gasteiger partial charge in [0.1, 0.15) is 12.1 Å². The highest BCUT2D eigenvalue weighted by Gasteiger charge is 2.17. The third kappa shape index (κ3) is 2.54. The molecule has 1 aromatic carbocycles. The third-order valence-electron chi connectivity index (χ3n) is 3.49. The summed E-state index contributed by atoms with van der Waals surface area (Å²) in [5.41, 5.74) is 2.48. The van der Waals surface area contributed by atoms with E-state index in [2.05, 4.69) is 41.3 Å². The Balaban J connectivity index is 1.97. The fraction of sp³-hybridized carbons (Fsp3) is 0.467. The largest absolute Gasteiger partial charge is 0.369 e. The van der Waals surface area contributed by atoms with Crippen LogP contribution < -0.4 is 5.32 Å². The van der Waals surface area contributed by atoms with Crippen LogP contribution in [0.4, 0.5) is 5.82 Å². The summed E-state index contributed by atoms with van der Waals surface area (Å²) < 4.78 is 0. The summed E-state index contributed by atoms with van der Waals surface area (Å²) in [5, 5.41) is 4.72. The SMILES string of the molecule is CC(C)CCNc1ncnc2ccc3c(c12)CCS3. The van der Waals surface area contributed by atoms with Crippen LogP contribution in [0.3, 0.4) is 0 Å². The fourth-order valence-corrected chi connectivity index (χ4v) is 3.53. The Morgan fingerprint density at radius 1 is 1.32 bits per heavy atom. The molecule has 100 valence electrons. The Hall–Kier alpha value is -1.29. The molecule has 1 aromatic heterocycles. The first-order valence-electron chi connectivity index (χ1n) is 6.89. The minimum Gasteiger partial charge on any atom is -0.369 e. The number of hydrogen-bond donors (Lipinski definition) is 1. The molecule has 0 aliphatic carbocycles. The van der Waals surface area contributed by atoms with E-state index in [4.69, 9.17) is 0 Å². The molecule has 0 spiro atoms. The van der Waals surface area contributed by atoms with Gasteiger partial charge >= 0.3 is 0 Å². The van der Waals surface area contributed by atoms with Crippen molar-refractivity contribution in [1.82, 2.24) is 9.97 Å². The van der Waals surface area contributed by atoms with E-state index in [-0.39, 0.29) is 0 Å². The average Bonchev–Trinajstić information content (AvgIpc) is 2.86. The van der Waals surface area contributed by atoms with Crippen LogP contribution in [0.2, 0.25) is 0 Å². The van der Waals surface area contributed by atoms with Crippen molar-refractivity contribution < 1.29 is 0 Å². The van der Waals surface area contributed by atoms with Gasteiger partial charge in [0.2, 0.25) is 0 Å². The fourth-order valence-electron chi connectivity index (χ4n) is 2.46. The van der Waals surface area contributed by atoms with E-state index in [1.807, 2.05) is 11.8 Å². The number of benzene rings is 1. The van der Waals surface area contributed by atoms with Crippen LogP contribution in [0, 0.1) is 5.92 Å². The maximum atomic E-state index is 4.45. The predicted molar refractivity (Wildman–Crippen MR) is 81.9 cm³/mol. The molecule has 3 nitrogen and oxygen atoms in total. The molecule has 0 bridgehead atoms. The molecule has 0 atom stereocenters. The highest BCUT2D eigenvalue weighted by atomic mass is 32.2. The van der Waals surface area contributed by atoms with E-state index >= 15 is 0 Å². The van der Waals surface area contributed by atoms with Gasteiger partial charge in [0, 0.05) is 22.6 Å². The van der Waals surface area contributed by atoms with Crippen molar-refractivity contribution in [3.8, 4) is 0 Å². The lowest BCUT2D eigenvalue weighted by Gasteiger charge is -2.12. The minimum absolute atomic E-state index is 0.710. The monoisotopic (exact) mass is 273 g/mol. The first kappa shape index (κ1) is 12.7. The smallest absolute Gasteiger partial charge is 0.137 e. The Morgan fingerprint density at radius 3 is 3.05 bits per heavy atom. The number of rotatable bonds is 4. The predicted octanol–water partition coefficient (Wildman–Crippen LogP) is 3.74. The maximum Gasteiger partial charge on any atom is 0.137 e. The molecule has 3 rings (SSSR count). The summed E-state index contributed by atoms with van der Waals surface area (Å²) in [6.45, 7) is 5.46. The van der Waals surface area contributed by atoms with E-state index in [1.54, 1.807) is 6.33 Å². The van der Waals surface area contributed by atoms with Crippen molar-refractivity contribution >= 4 is 28.5 Å². The molecule has 0 fully saturated rings. The maximum absolute atomic E-state index is 4.45. The number of fused-ring (bicyclic) bond motifs is 3. The highest BCUT2D eigenvalue weighted by molar-refractivity contribution is 7.99. The second-order valence-electron chi connectivity index (χ2n) is 5.37. The summed E-state index contributed by atoms with van der Waals surface area (Å²) >= 11 is 1.94. The number of nitrogens with zero attached hydrogens (tertiary/aromatic N) is 2. The molecular formula is C15H19N3S. The third-order valence-corrected chi connectivity index (χ3v) is 4.59. The molecule has 0 saturated heterocycles. The summed E-state index contributed by atoms with van der Waals surface area (Å²) in [6, 6.07) is 4.31. The normalized spacial score (nSPS) is 14.1. The molecule has 19 heavy (non-hydrogen) atoms. The molecule has 0 amide bonds. The Bertz CT molecular complexity index is 595. The zero-order valence-electron chi connectivity index (χ0n) is 11.4. The molecule has 4 heteroatoms. The molecule has 0 saturated carbocycles. The first-order valence-corrected chi connectivity index (χ1v) is 7.87. The van der Waals surface area contributed by atoms with Crippen LogP contribution in [-0.4, -0.2) is 22.3 Å². The number of anilines is 1. The van der Waals surface area contributed by atoms with Gasteiger partial charge in [-0.05, 0) is 36.5 Å². The van der Waals surface area contributed by atoms with Crippen LogP contribution >= 0.6 is 11.8 Å². The molecule has 1 N–H and O–H groups in total. The molecule has 2 heterocycles. The average molecular weight is 273 g/mol. The van der Waals surface area contributed by atoms with Gasteiger partial charge in [0.15, 0.2) is 0 Å². The van der Waals surface area contributed by atoms with Crippen LogP contribution in [0.1, 0.15) is 25.8 Å². The van der Waals surface area contributed by atoms with E-state index in [0.29, 0.717) is 5.92 Å². The Morgan fingerprint density at radius 2 is 2.21 bits per heavy atom. The number of aromatic nitrogens is 2. The van der Waals surface area contributed by atoms with Gasteiger partial charge in [-0.2, -0.15) is 0 Å². The van der Waals surface area contributed by atoms with E-state index in [9.17, 15) is 0 Å². The number of thioether (sulfide) groups is 1. The lowest BCUT2D eigenvalue weighted by atomic mass is 10.1. The van der Waals surface area contributed by atoms with Gasteiger partial charge in [-0.15, -0.1) is 11.8 Å². The minimum atomic E-state index is 0.710. The topological polar surface area (TPSA) is 37.8 Å². The van der Waals surface area contributed by atoms with Crippen LogP contribution in [0.5, 0.6) is 0 Å². The van der Waals surface area contributed by atoms with E-state index in [0.717, 1.165) is 30.7 Å². The zero-order chi connectivity index (χ0) is 13.2. The lowest BCUT2D eigenvalue weighted by molar-refractivity contribution is 0.607. The van der Waals surface area contributed by atoms with Crippen molar-refractivity contribution in [2.24, 2.45) is 5.92 Å². The summed E-state index contributed by atoms with van der Waals surface area (Å²) in [5.74, 6) is 2.89. The van der Waals surface area contributed by atoms with Crippen LogP contribution in [0.15, 0.2) is 23.4 Å². The molecular weight excluding hydrogens is 254 g/mol. The zero-order valence-corrected chi connectivity index (χ0v) is 12.3. The number of hydrogen-bond acceptors (Lipinski definition) is 4. The van der Waals surface area contributed by atoms with Gasteiger partial charge in [-0.25, -0.2) is 9.97 Å². The molecule has 0 radical (unpaired) electrons. The van der Waals surface area contributed by atoms with Crippen molar-refractivity contribution in [3.05, 3.63) is 24.0 Å². The van der Waals surface area contributed by atoms with Crippen molar-refractivity contribution in [2.75, 3.05) is 17.6 Å². The molecule has 1 aliphatic heterocycles. The summed E-state index contributed by atoms with van der Waals surface area (Å²) in [7, 11) is 0. The Kier molecular flexibility index (Phi) is 3.60. The van der Waals surface area contributed by atoms with Crippen molar-refractivity contribution in [1.29, 1.82) is 0 Å². The lowest BCUT2D eigenvalue weighted by Crippen LogP contribution is -2.07. The van der Waals surface area contributed by atoms with Gasteiger partial charge < -0.3 is 5.32 Å². The Labute approximate surface area is 118 Å². The summed E-state index contributed by atoms with van der Waals surface area (Å²) in [4.78, 5) is 10.2. The second-order valence-corrected chi connectivity index (χ2v) is 6.50. The molecule has 2 aromatic rings. The second kappa shape index (κ2) is 5.37. The van der Waals surface area contributed by atoms with Gasteiger partial charge in [0.05, 0.1) is 5.52 Å². The van der Waals surface area contributed by atoms with E-state index in [1.165, 1.54) is 21.6 Å². The molecule has 0 unspecified atom stereocenters. The van der Waals surface area contributed by atoms with Gasteiger partial charge in [0.25, 0.3) is 0 Å². The standard InChI is InChI=1S/C15H19N3S/c1-10(2)5-7-16-15-14-11-6-8-19-13(11)4-3-12(14)17-9-18-15/h3-4,9-10H,5-8H2,1-2H3,(H,16,17,18). The number of aryl methyl sites for hydroxylation is 1. The molecule has 1 aliphatic rings. The highest BCUT2D eigenvalue weighted by Crippen LogP contribution is 2.37. The quantitative estimate of drug-likeness (QED) is 0.921. The summed E-state index contributed by atoms with van der Waals surface area (Å²) in [6.07, 6.45) is 3.95. The first-order chi connectivity index (χ1) is 9.25. The van der Waals surface area contributed by atoms with Crippen molar-refractivity contribution in [3.63, 3.8) is 0 Å². The van der Waals surface area contributed by atoms with Gasteiger partial charge in [-0.1, -0.05) is 13.8 Å². The van der Waals surface area contributed by atoms with E-state index < -0.39 is 0 Å². The van der Waals surface area contributed by atoms with Crippen molar-refractivity contribution in [2.45, 2.75) is 31.6 Å². The van der Waals surface area contributed by atoms with Gasteiger partial charge in [-0.3, -0.25) is 0 Å². The van der Waals surface area contributed by atoms with Crippen LogP contribution in [-0.2, 0) is 6.42 Å².